The van der Waals surface area contributed by atoms with E-state index < -0.39 is 0 Å². The van der Waals surface area contributed by atoms with Crippen LogP contribution in [0, 0.1) is 0 Å². The second-order valence-corrected chi connectivity index (χ2v) is 3.62. The van der Waals surface area contributed by atoms with Crippen LogP contribution in [0.25, 0.3) is 0 Å². The molecule has 0 N–H and O–H groups in total. The van der Waals surface area contributed by atoms with Crippen LogP contribution in [-0.4, -0.2) is 23.5 Å². The summed E-state index contributed by atoms with van der Waals surface area (Å²) in [7, 11) is 4.00. The van der Waals surface area contributed by atoms with Crippen molar-refractivity contribution in [2.24, 2.45) is 0 Å². The van der Waals surface area contributed by atoms with Crippen LogP contribution in [0.3, 0.4) is 0 Å². The zero-order valence-electron chi connectivity index (χ0n) is 5.94. The Morgan fingerprint density at radius 1 is 1.60 bits per heavy atom. The summed E-state index contributed by atoms with van der Waals surface area (Å²) in [6.07, 6.45) is 0. The van der Waals surface area contributed by atoms with Gasteiger partial charge in [0.1, 0.15) is 0 Å². The van der Waals surface area contributed by atoms with Crippen LogP contribution in [-0.2, 0) is 15.6 Å². The van der Waals surface area contributed by atoms with Gasteiger partial charge in [0.25, 0.3) is 0 Å². The van der Waals surface area contributed by atoms with E-state index in [1.54, 1.807) is 11.3 Å². The molecule has 0 aromatic carbocycles. The van der Waals surface area contributed by atoms with Crippen molar-refractivity contribution < 1.29 is 15.6 Å². The molecule has 1 rings (SSSR count). The summed E-state index contributed by atoms with van der Waals surface area (Å²) in [6, 6.07) is 4.11. The molecule has 0 radical (unpaired) electrons. The van der Waals surface area contributed by atoms with Gasteiger partial charge in [-0.15, -0.1) is 0 Å². The topological polar surface area (TPSA) is 3.24 Å². The second-order valence-electron chi connectivity index (χ2n) is 2.15. The molecule has 1 aromatic heterocycles. The molecule has 56 valence electrons. The molecule has 1 heterocycles. The van der Waals surface area contributed by atoms with E-state index in [0.29, 0.717) is 0 Å². The van der Waals surface area contributed by atoms with Crippen molar-refractivity contribution in [2.75, 3.05) is 14.1 Å². The number of hydrogen-bond acceptors (Lipinski definition) is 2. The van der Waals surface area contributed by atoms with Gasteiger partial charge >= 0.3 is 72.8 Å². The van der Waals surface area contributed by atoms with Gasteiger partial charge in [-0.25, -0.2) is 0 Å². The summed E-state index contributed by atoms with van der Waals surface area (Å²) < 4.78 is 1.08. The first-order chi connectivity index (χ1) is 4.72. The first-order valence-electron chi connectivity index (χ1n) is 2.94. The van der Waals surface area contributed by atoms with Crippen LogP contribution < -0.4 is 0 Å². The van der Waals surface area contributed by atoms with E-state index in [1.807, 2.05) is 25.1 Å². The van der Waals surface area contributed by atoms with Crippen molar-refractivity contribution >= 4 is 15.9 Å². The van der Waals surface area contributed by atoms with Crippen LogP contribution in [0.15, 0.2) is 17.5 Å². The van der Waals surface area contributed by atoms with Crippen molar-refractivity contribution in [2.45, 2.75) is 0 Å². The molecule has 0 amide bonds. The fraction of sp³-hybridized carbons (Fsp3) is 0.286. The van der Waals surface area contributed by atoms with Gasteiger partial charge in [0.05, 0.1) is 0 Å². The van der Waals surface area contributed by atoms with Crippen molar-refractivity contribution in [1.29, 1.82) is 0 Å². The molecule has 1 nitrogen and oxygen atoms in total. The summed E-state index contributed by atoms with van der Waals surface area (Å²) in [6.45, 7) is 0. The van der Waals surface area contributed by atoms with Gasteiger partial charge in [0.2, 0.25) is 0 Å². The second kappa shape index (κ2) is 3.44. The predicted octanol–water partition coefficient (Wildman–Crippen LogP) is 1.33. The molecule has 0 bridgehead atoms. The van der Waals surface area contributed by atoms with Gasteiger partial charge in [-0.2, -0.15) is 0 Å². The van der Waals surface area contributed by atoms with Crippen molar-refractivity contribution in [1.82, 2.24) is 4.90 Å². The standard InChI is InChI=1S/C7H9NS.Fe/c1-8(2)6-7-4-3-5-9-7;/h3-5H,1-2H3;. The van der Waals surface area contributed by atoms with Gasteiger partial charge in [-0.1, -0.05) is 0 Å². The first kappa shape index (κ1) is 8.15. The average Bonchev–Trinajstić information content (AvgIpc) is 2.36. The Labute approximate surface area is 73.0 Å². The van der Waals surface area contributed by atoms with Gasteiger partial charge in [0.15, 0.2) is 0 Å². The van der Waals surface area contributed by atoms with Gasteiger partial charge in [-0.3, -0.25) is 0 Å². The zero-order chi connectivity index (χ0) is 7.56. The number of hydrogen-bond donors (Lipinski definition) is 0. The molecule has 0 aliphatic rings. The van der Waals surface area contributed by atoms with E-state index in [2.05, 4.69) is 27.0 Å². The fourth-order valence-electron chi connectivity index (χ4n) is 0.613. The molecule has 0 spiro atoms. The molecule has 0 aliphatic carbocycles. The quantitative estimate of drug-likeness (QED) is 0.643. The summed E-state index contributed by atoms with van der Waals surface area (Å²) in [5, 5.41) is 2.06. The fourth-order valence-corrected chi connectivity index (χ4v) is 1.64. The number of rotatable bonds is 2. The zero-order valence-corrected chi connectivity index (χ0v) is 7.86. The SMILES string of the molecule is CN(C)[C](=[Fe])c1cccs1. The van der Waals surface area contributed by atoms with Crippen LogP contribution in [0.2, 0.25) is 0 Å². The Hall–Kier alpha value is 0.0495. The molecule has 0 saturated carbocycles. The molecular weight excluding hydrogens is 186 g/mol. The third kappa shape index (κ3) is 1.77. The normalized spacial score (nSPS) is 10.4. The van der Waals surface area contributed by atoms with Gasteiger partial charge in [0, 0.05) is 0 Å². The number of nitrogens with zero attached hydrogens (tertiary/aromatic N) is 1. The molecular formula is C7H9FeNS. The van der Waals surface area contributed by atoms with E-state index in [0.717, 1.165) is 4.54 Å². The van der Waals surface area contributed by atoms with Gasteiger partial charge in [-0.05, 0) is 0 Å². The Morgan fingerprint density at radius 3 is 2.70 bits per heavy atom. The summed E-state index contributed by atoms with van der Waals surface area (Å²) in [4.78, 5) is 3.26. The number of thiophene rings is 1. The minimum atomic E-state index is 1.08. The Bertz CT molecular complexity index is 216. The maximum absolute atomic E-state index is 3.93. The van der Waals surface area contributed by atoms with Crippen molar-refractivity contribution in [3.8, 4) is 0 Å². The predicted molar refractivity (Wildman–Crippen MR) is 42.1 cm³/mol. The van der Waals surface area contributed by atoms with Crippen LogP contribution >= 0.6 is 11.3 Å². The van der Waals surface area contributed by atoms with Crippen molar-refractivity contribution in [3.05, 3.63) is 22.4 Å². The van der Waals surface area contributed by atoms with Crippen LogP contribution in [0.1, 0.15) is 4.88 Å². The molecule has 1 aromatic rings. The van der Waals surface area contributed by atoms with Crippen LogP contribution in [0.4, 0.5) is 0 Å². The van der Waals surface area contributed by atoms with Crippen molar-refractivity contribution in [3.63, 3.8) is 0 Å². The van der Waals surface area contributed by atoms with Crippen LogP contribution in [0.5, 0.6) is 0 Å². The molecule has 0 aliphatic heterocycles. The van der Waals surface area contributed by atoms with E-state index >= 15 is 0 Å². The van der Waals surface area contributed by atoms with Gasteiger partial charge < -0.3 is 0 Å². The van der Waals surface area contributed by atoms with E-state index in [9.17, 15) is 0 Å². The summed E-state index contributed by atoms with van der Waals surface area (Å²) in [5.41, 5.74) is 0. The molecule has 0 fully saturated rings. The summed E-state index contributed by atoms with van der Waals surface area (Å²) >= 11 is 5.65. The maximum atomic E-state index is 3.93. The van der Waals surface area contributed by atoms with E-state index in [4.69, 9.17) is 0 Å². The summed E-state index contributed by atoms with van der Waals surface area (Å²) in [5.74, 6) is 0. The third-order valence-corrected chi connectivity index (χ3v) is 2.94. The average molecular weight is 195 g/mol. The molecule has 0 saturated heterocycles. The minimum absolute atomic E-state index is 1.08. The Morgan fingerprint density at radius 2 is 2.30 bits per heavy atom. The first-order valence-corrected chi connectivity index (χ1v) is 4.37. The Kier molecular flexibility index (Phi) is 2.81. The molecule has 0 atom stereocenters. The Balaban J connectivity index is 2.78. The molecule has 0 unspecified atom stereocenters. The molecule has 10 heavy (non-hydrogen) atoms. The molecule has 3 heteroatoms. The van der Waals surface area contributed by atoms with E-state index in [-0.39, 0.29) is 0 Å². The van der Waals surface area contributed by atoms with E-state index in [1.165, 1.54) is 4.88 Å². The third-order valence-electron chi connectivity index (χ3n) is 1.10. The monoisotopic (exact) mass is 195 g/mol.